The van der Waals surface area contributed by atoms with Gasteiger partial charge in [-0.2, -0.15) is 0 Å². The summed E-state index contributed by atoms with van der Waals surface area (Å²) >= 11 is 6.08. The highest BCUT2D eigenvalue weighted by Crippen LogP contribution is 2.25. The minimum Gasteiger partial charge on any atom is -0.497 e. The second-order valence-electron chi connectivity index (χ2n) is 6.54. The van der Waals surface area contributed by atoms with E-state index in [4.69, 9.17) is 21.1 Å². The van der Waals surface area contributed by atoms with Crippen LogP contribution in [0.25, 0.3) is 17.0 Å². The SMILES string of the molecule is COc1ccc(CNC(=O)c2ccn3c(-c4cccc(Cl)c4)nnc3c2)c(OC)c1. The number of carbonyl (C=O) groups excluding carboxylic acids is 1. The van der Waals surface area contributed by atoms with Crippen molar-refractivity contribution in [2.75, 3.05) is 14.2 Å². The second-order valence-corrected chi connectivity index (χ2v) is 6.97. The number of carbonyl (C=O) groups is 1. The standard InChI is InChI=1S/C22H19ClN4O3/c1-29-18-7-6-16(19(12-18)30-2)13-24-22(28)15-8-9-27-20(11-15)25-26-21(27)14-4-3-5-17(23)10-14/h3-12H,13H2,1-2H3,(H,24,28). The number of hydrogen-bond acceptors (Lipinski definition) is 5. The van der Waals surface area contributed by atoms with Gasteiger partial charge in [-0.1, -0.05) is 23.7 Å². The van der Waals surface area contributed by atoms with Crippen LogP contribution >= 0.6 is 11.6 Å². The highest BCUT2D eigenvalue weighted by Gasteiger charge is 2.13. The molecular weight excluding hydrogens is 404 g/mol. The Morgan fingerprint density at radius 1 is 1.07 bits per heavy atom. The molecule has 2 heterocycles. The van der Waals surface area contributed by atoms with E-state index >= 15 is 0 Å². The molecular formula is C22H19ClN4O3. The zero-order valence-corrected chi connectivity index (χ0v) is 17.2. The predicted octanol–water partition coefficient (Wildman–Crippen LogP) is 4.00. The molecule has 0 atom stereocenters. The lowest BCUT2D eigenvalue weighted by Crippen LogP contribution is -2.23. The van der Waals surface area contributed by atoms with Gasteiger partial charge < -0.3 is 14.8 Å². The lowest BCUT2D eigenvalue weighted by Gasteiger charge is -2.11. The summed E-state index contributed by atoms with van der Waals surface area (Å²) < 4.78 is 12.4. The molecule has 30 heavy (non-hydrogen) atoms. The number of halogens is 1. The summed E-state index contributed by atoms with van der Waals surface area (Å²) in [5.74, 6) is 1.77. The number of benzene rings is 2. The number of methoxy groups -OCH3 is 2. The van der Waals surface area contributed by atoms with Gasteiger partial charge in [-0.25, -0.2) is 0 Å². The zero-order chi connectivity index (χ0) is 21.1. The lowest BCUT2D eigenvalue weighted by molar-refractivity contribution is 0.0950. The molecule has 0 aliphatic heterocycles. The fourth-order valence-corrected chi connectivity index (χ4v) is 3.32. The monoisotopic (exact) mass is 422 g/mol. The van der Waals surface area contributed by atoms with Gasteiger partial charge in [0.05, 0.1) is 14.2 Å². The van der Waals surface area contributed by atoms with Crippen LogP contribution in [0.1, 0.15) is 15.9 Å². The number of rotatable bonds is 6. The number of aromatic nitrogens is 3. The Kier molecular flexibility index (Phi) is 5.54. The fraction of sp³-hybridized carbons (Fsp3) is 0.136. The summed E-state index contributed by atoms with van der Waals surface area (Å²) in [5.41, 5.74) is 2.75. The second kappa shape index (κ2) is 8.42. The van der Waals surface area contributed by atoms with Crippen LogP contribution in [0, 0.1) is 0 Å². The van der Waals surface area contributed by atoms with Crippen LogP contribution in [0.5, 0.6) is 11.5 Å². The first-order chi connectivity index (χ1) is 14.6. The zero-order valence-electron chi connectivity index (χ0n) is 16.4. The molecule has 4 aromatic rings. The third-order valence-corrected chi connectivity index (χ3v) is 4.92. The normalized spacial score (nSPS) is 10.8. The van der Waals surface area contributed by atoms with Crippen molar-refractivity contribution in [2.24, 2.45) is 0 Å². The van der Waals surface area contributed by atoms with E-state index in [0.29, 0.717) is 40.1 Å². The smallest absolute Gasteiger partial charge is 0.251 e. The summed E-state index contributed by atoms with van der Waals surface area (Å²) in [6.07, 6.45) is 1.77. The average molecular weight is 423 g/mol. The predicted molar refractivity (Wildman–Crippen MR) is 114 cm³/mol. The summed E-state index contributed by atoms with van der Waals surface area (Å²) in [4.78, 5) is 12.7. The van der Waals surface area contributed by atoms with Crippen molar-refractivity contribution in [2.45, 2.75) is 6.54 Å². The van der Waals surface area contributed by atoms with E-state index in [1.54, 1.807) is 44.7 Å². The van der Waals surface area contributed by atoms with Crippen LogP contribution < -0.4 is 14.8 Å². The molecule has 0 unspecified atom stereocenters. The maximum atomic E-state index is 12.7. The molecule has 0 saturated heterocycles. The third-order valence-electron chi connectivity index (χ3n) is 4.69. The van der Waals surface area contributed by atoms with Crippen molar-refractivity contribution in [1.82, 2.24) is 19.9 Å². The molecule has 0 radical (unpaired) electrons. The first-order valence-electron chi connectivity index (χ1n) is 9.19. The molecule has 1 amide bonds. The first kappa shape index (κ1) is 19.7. The minimum absolute atomic E-state index is 0.220. The van der Waals surface area contributed by atoms with Crippen LogP contribution in [0.15, 0.2) is 60.8 Å². The number of pyridine rings is 1. The number of hydrogen-bond donors (Lipinski definition) is 1. The fourth-order valence-electron chi connectivity index (χ4n) is 3.13. The first-order valence-corrected chi connectivity index (χ1v) is 9.56. The molecule has 0 spiro atoms. The maximum Gasteiger partial charge on any atom is 0.251 e. The van der Waals surface area contributed by atoms with Crippen molar-refractivity contribution in [3.63, 3.8) is 0 Å². The van der Waals surface area contributed by atoms with E-state index in [1.807, 2.05) is 34.7 Å². The van der Waals surface area contributed by atoms with Crippen LogP contribution in [0.3, 0.4) is 0 Å². The Bertz CT molecular complexity index is 1220. The highest BCUT2D eigenvalue weighted by atomic mass is 35.5. The van der Waals surface area contributed by atoms with Gasteiger partial charge in [0.2, 0.25) is 0 Å². The molecule has 2 aromatic heterocycles. The molecule has 0 aliphatic rings. The minimum atomic E-state index is -0.220. The molecule has 8 heteroatoms. The number of amides is 1. The van der Waals surface area contributed by atoms with Crippen molar-refractivity contribution >= 4 is 23.2 Å². The molecule has 7 nitrogen and oxygen atoms in total. The topological polar surface area (TPSA) is 77.8 Å². The molecule has 152 valence electrons. The van der Waals surface area contributed by atoms with Gasteiger partial charge >= 0.3 is 0 Å². The quantitative estimate of drug-likeness (QED) is 0.508. The summed E-state index contributed by atoms with van der Waals surface area (Å²) in [7, 11) is 3.17. The number of ether oxygens (including phenoxy) is 2. The lowest BCUT2D eigenvalue weighted by atomic mass is 10.1. The highest BCUT2D eigenvalue weighted by molar-refractivity contribution is 6.30. The Labute approximate surface area is 178 Å². The van der Waals surface area contributed by atoms with E-state index in [-0.39, 0.29) is 5.91 Å². The molecule has 2 aromatic carbocycles. The van der Waals surface area contributed by atoms with E-state index in [0.717, 1.165) is 11.1 Å². The summed E-state index contributed by atoms with van der Waals surface area (Å²) in [5, 5.41) is 11.9. The Hall–Kier alpha value is -3.58. The van der Waals surface area contributed by atoms with Crippen molar-refractivity contribution in [3.05, 3.63) is 76.9 Å². The molecule has 0 aliphatic carbocycles. The van der Waals surface area contributed by atoms with E-state index < -0.39 is 0 Å². The third kappa shape index (κ3) is 3.92. The van der Waals surface area contributed by atoms with E-state index in [9.17, 15) is 4.79 Å². The molecule has 0 fully saturated rings. The summed E-state index contributed by atoms with van der Waals surface area (Å²) in [6.45, 7) is 0.317. The van der Waals surface area contributed by atoms with Gasteiger partial charge in [0.25, 0.3) is 5.91 Å². The van der Waals surface area contributed by atoms with Crippen molar-refractivity contribution < 1.29 is 14.3 Å². The Balaban J connectivity index is 1.53. The van der Waals surface area contributed by atoms with Crippen LogP contribution in [0.4, 0.5) is 0 Å². The van der Waals surface area contributed by atoms with Gasteiger partial charge in [-0.05, 0) is 36.4 Å². The molecule has 0 saturated carbocycles. The van der Waals surface area contributed by atoms with Crippen molar-refractivity contribution in [1.29, 1.82) is 0 Å². The Morgan fingerprint density at radius 3 is 2.70 bits per heavy atom. The molecule has 1 N–H and O–H groups in total. The number of fused-ring (bicyclic) bond motifs is 1. The van der Waals surface area contributed by atoms with E-state index in [1.165, 1.54) is 0 Å². The maximum absolute atomic E-state index is 12.7. The van der Waals surface area contributed by atoms with Crippen LogP contribution in [0.2, 0.25) is 5.02 Å². The Morgan fingerprint density at radius 2 is 1.93 bits per heavy atom. The van der Waals surface area contributed by atoms with Gasteiger partial charge in [-0.15, -0.1) is 10.2 Å². The molecule has 4 rings (SSSR count). The van der Waals surface area contributed by atoms with Crippen LogP contribution in [-0.2, 0) is 6.54 Å². The van der Waals surface area contributed by atoms with Crippen molar-refractivity contribution in [3.8, 4) is 22.9 Å². The van der Waals surface area contributed by atoms with Gasteiger partial charge in [0, 0.05) is 40.5 Å². The largest absolute Gasteiger partial charge is 0.497 e. The van der Waals surface area contributed by atoms with E-state index in [2.05, 4.69) is 15.5 Å². The van der Waals surface area contributed by atoms with Crippen LogP contribution in [-0.4, -0.2) is 34.7 Å². The number of nitrogens with one attached hydrogen (secondary N) is 1. The van der Waals surface area contributed by atoms with Gasteiger partial charge in [-0.3, -0.25) is 9.20 Å². The average Bonchev–Trinajstić information content (AvgIpc) is 3.20. The van der Waals surface area contributed by atoms with Gasteiger partial charge in [0.15, 0.2) is 11.5 Å². The van der Waals surface area contributed by atoms with Gasteiger partial charge in [0.1, 0.15) is 11.5 Å². The number of nitrogens with zero attached hydrogens (tertiary/aromatic N) is 3. The summed E-state index contributed by atoms with van der Waals surface area (Å²) in [6, 6.07) is 16.3. The molecule has 0 bridgehead atoms.